The van der Waals surface area contributed by atoms with Crippen LogP contribution in [0.3, 0.4) is 0 Å². The number of aliphatic imine (C=N–C) groups is 1. The molecule has 1 aromatic rings. The molecule has 1 aromatic carbocycles. The fraction of sp³-hybridized carbons (Fsp3) is 0.650. The van der Waals surface area contributed by atoms with E-state index in [4.69, 9.17) is 9.73 Å². The molecule has 7 nitrogen and oxygen atoms in total. The van der Waals surface area contributed by atoms with Gasteiger partial charge in [0.15, 0.2) is 0 Å². The number of piperidine rings is 1. The summed E-state index contributed by atoms with van der Waals surface area (Å²) in [6.45, 7) is 7.91. The first-order valence-electron chi connectivity index (χ1n) is 9.99. The molecule has 0 saturated carbocycles. The Kier molecular flexibility index (Phi) is 6.75. The van der Waals surface area contributed by atoms with E-state index < -0.39 is 10.0 Å². The molecule has 0 aliphatic carbocycles. The van der Waals surface area contributed by atoms with E-state index in [0.29, 0.717) is 37.4 Å². The highest BCUT2D eigenvalue weighted by Gasteiger charge is 2.43. The van der Waals surface area contributed by atoms with Crippen LogP contribution in [0.1, 0.15) is 30.4 Å². The van der Waals surface area contributed by atoms with Gasteiger partial charge in [0.1, 0.15) is 5.84 Å². The van der Waals surface area contributed by atoms with Gasteiger partial charge in [-0.3, -0.25) is 4.99 Å². The van der Waals surface area contributed by atoms with Gasteiger partial charge in [-0.1, -0.05) is 17.7 Å². The summed E-state index contributed by atoms with van der Waals surface area (Å²) >= 11 is 0. The SMILES string of the molecule is COCCCNC1=NCCNC12CCN(S(=O)(=O)c1ccc(C)cc1C)CC2. The summed E-state index contributed by atoms with van der Waals surface area (Å²) in [5.41, 5.74) is 1.62. The molecule has 2 heterocycles. The van der Waals surface area contributed by atoms with Crippen molar-refractivity contribution < 1.29 is 13.2 Å². The van der Waals surface area contributed by atoms with Crippen LogP contribution >= 0.6 is 0 Å². The molecule has 28 heavy (non-hydrogen) atoms. The molecule has 3 rings (SSSR count). The number of hydrogen-bond donors (Lipinski definition) is 2. The first-order chi connectivity index (χ1) is 13.4. The number of sulfonamides is 1. The average Bonchev–Trinajstić information content (AvgIpc) is 2.67. The molecule has 2 aliphatic rings. The number of ether oxygens (including phenoxy) is 1. The van der Waals surface area contributed by atoms with Gasteiger partial charge in [-0.15, -0.1) is 0 Å². The average molecular weight is 409 g/mol. The summed E-state index contributed by atoms with van der Waals surface area (Å²) in [5.74, 6) is 0.971. The molecule has 0 amide bonds. The molecule has 1 saturated heterocycles. The Balaban J connectivity index is 1.70. The summed E-state index contributed by atoms with van der Waals surface area (Å²) in [4.78, 5) is 5.12. The fourth-order valence-corrected chi connectivity index (χ4v) is 5.74. The highest BCUT2D eigenvalue weighted by Crippen LogP contribution is 2.30. The highest BCUT2D eigenvalue weighted by molar-refractivity contribution is 7.89. The van der Waals surface area contributed by atoms with Crippen LogP contribution in [0.4, 0.5) is 0 Å². The molecule has 0 unspecified atom stereocenters. The van der Waals surface area contributed by atoms with Crippen LogP contribution in [0.2, 0.25) is 0 Å². The molecule has 2 aliphatic heterocycles. The van der Waals surface area contributed by atoms with Crippen molar-refractivity contribution in [2.24, 2.45) is 4.99 Å². The molecule has 1 fully saturated rings. The van der Waals surface area contributed by atoms with Gasteiger partial charge >= 0.3 is 0 Å². The van der Waals surface area contributed by atoms with Gasteiger partial charge in [0.05, 0.1) is 17.0 Å². The summed E-state index contributed by atoms with van der Waals surface area (Å²) in [7, 11) is -1.78. The van der Waals surface area contributed by atoms with Gasteiger partial charge in [-0.25, -0.2) is 8.42 Å². The molecule has 0 bridgehead atoms. The molecule has 0 aromatic heterocycles. The third-order valence-corrected chi connectivity index (χ3v) is 7.70. The number of nitrogens with zero attached hydrogens (tertiary/aromatic N) is 2. The standard InChI is InChI=1S/C20H32N4O3S/c1-16-5-6-18(17(2)15-16)28(25,26)24-12-7-20(8-13-24)19(22-10-11-23-20)21-9-4-14-27-3/h5-6,15,23H,4,7-14H2,1-3H3,(H,21,22). The van der Waals surface area contributed by atoms with Crippen LogP contribution in [0, 0.1) is 13.8 Å². The third kappa shape index (κ3) is 4.40. The van der Waals surface area contributed by atoms with Gasteiger partial charge in [0.2, 0.25) is 10.0 Å². The monoisotopic (exact) mass is 408 g/mol. The minimum absolute atomic E-state index is 0.250. The third-order valence-electron chi connectivity index (χ3n) is 5.64. The molecule has 0 atom stereocenters. The minimum atomic E-state index is -3.48. The van der Waals surface area contributed by atoms with Gasteiger partial charge in [0.25, 0.3) is 0 Å². The van der Waals surface area contributed by atoms with E-state index in [1.54, 1.807) is 17.5 Å². The lowest BCUT2D eigenvalue weighted by Crippen LogP contribution is -2.64. The number of rotatable bonds is 6. The zero-order valence-corrected chi connectivity index (χ0v) is 17.9. The smallest absolute Gasteiger partial charge is 0.243 e. The number of methoxy groups -OCH3 is 1. The highest BCUT2D eigenvalue weighted by atomic mass is 32.2. The lowest BCUT2D eigenvalue weighted by molar-refractivity contribution is 0.195. The summed E-state index contributed by atoms with van der Waals surface area (Å²) in [5, 5.41) is 7.07. The lowest BCUT2D eigenvalue weighted by atomic mass is 9.85. The van der Waals surface area contributed by atoms with Gasteiger partial charge in [0, 0.05) is 39.9 Å². The largest absolute Gasteiger partial charge is 0.385 e. The lowest BCUT2D eigenvalue weighted by Gasteiger charge is -2.44. The van der Waals surface area contributed by atoms with Crippen LogP contribution in [-0.2, 0) is 14.8 Å². The first kappa shape index (κ1) is 21.2. The van der Waals surface area contributed by atoms with Crippen LogP contribution in [0.15, 0.2) is 28.1 Å². The van der Waals surface area contributed by atoms with Crippen LogP contribution < -0.4 is 10.6 Å². The van der Waals surface area contributed by atoms with Gasteiger partial charge in [-0.05, 0) is 44.7 Å². The Morgan fingerprint density at radius 2 is 2.04 bits per heavy atom. The van der Waals surface area contributed by atoms with Gasteiger partial charge in [-0.2, -0.15) is 4.31 Å². The van der Waals surface area contributed by atoms with Crippen LogP contribution in [0.5, 0.6) is 0 Å². The number of benzene rings is 1. The van der Waals surface area contributed by atoms with E-state index in [-0.39, 0.29) is 5.54 Å². The maximum Gasteiger partial charge on any atom is 0.243 e. The number of nitrogens with one attached hydrogen (secondary N) is 2. The summed E-state index contributed by atoms with van der Waals surface area (Å²) in [6, 6.07) is 5.52. The van der Waals surface area contributed by atoms with E-state index in [1.807, 2.05) is 26.0 Å². The number of hydrogen-bond acceptors (Lipinski definition) is 6. The predicted octanol–water partition coefficient (Wildman–Crippen LogP) is 1.45. The van der Waals surface area contributed by atoms with Crippen molar-refractivity contribution in [1.82, 2.24) is 14.9 Å². The number of amidine groups is 1. The second-order valence-corrected chi connectivity index (χ2v) is 9.59. The van der Waals surface area contributed by atoms with E-state index in [2.05, 4.69) is 10.6 Å². The van der Waals surface area contributed by atoms with E-state index in [9.17, 15) is 8.42 Å². The molecular formula is C20H32N4O3S. The van der Waals surface area contributed by atoms with Crippen molar-refractivity contribution in [1.29, 1.82) is 0 Å². The maximum atomic E-state index is 13.2. The Morgan fingerprint density at radius 1 is 1.29 bits per heavy atom. The Morgan fingerprint density at radius 3 is 2.71 bits per heavy atom. The minimum Gasteiger partial charge on any atom is -0.385 e. The van der Waals surface area contributed by atoms with E-state index in [1.165, 1.54) is 0 Å². The fourth-order valence-electron chi connectivity index (χ4n) is 4.10. The second-order valence-electron chi connectivity index (χ2n) is 7.69. The topological polar surface area (TPSA) is 83.0 Å². The second kappa shape index (κ2) is 8.90. The predicted molar refractivity (Wildman–Crippen MR) is 111 cm³/mol. The van der Waals surface area contributed by atoms with Crippen LogP contribution in [-0.4, -0.2) is 70.5 Å². The van der Waals surface area contributed by atoms with Gasteiger partial charge < -0.3 is 15.4 Å². The van der Waals surface area contributed by atoms with Crippen LogP contribution in [0.25, 0.3) is 0 Å². The normalized spacial score (nSPS) is 20.2. The van der Waals surface area contributed by atoms with Crippen molar-refractivity contribution in [2.45, 2.75) is 43.5 Å². The van der Waals surface area contributed by atoms with Crippen molar-refractivity contribution in [3.63, 3.8) is 0 Å². The molecular weight excluding hydrogens is 376 g/mol. The maximum absolute atomic E-state index is 13.2. The Hall–Kier alpha value is -1.48. The van der Waals surface area contributed by atoms with E-state index in [0.717, 1.165) is 43.0 Å². The van der Waals surface area contributed by atoms with Crippen molar-refractivity contribution in [3.8, 4) is 0 Å². The Labute approximate surface area is 168 Å². The van der Waals surface area contributed by atoms with Crippen molar-refractivity contribution >= 4 is 15.9 Å². The zero-order valence-electron chi connectivity index (χ0n) is 17.1. The summed E-state index contributed by atoms with van der Waals surface area (Å²) in [6.07, 6.45) is 2.35. The Bertz CT molecular complexity index is 815. The van der Waals surface area contributed by atoms with E-state index >= 15 is 0 Å². The van der Waals surface area contributed by atoms with Crippen molar-refractivity contribution in [3.05, 3.63) is 29.3 Å². The van der Waals surface area contributed by atoms with Crippen molar-refractivity contribution in [2.75, 3.05) is 46.4 Å². The molecule has 0 radical (unpaired) electrons. The molecule has 156 valence electrons. The first-order valence-corrected chi connectivity index (χ1v) is 11.4. The quantitative estimate of drug-likeness (QED) is 0.697. The number of aryl methyl sites for hydroxylation is 2. The zero-order chi connectivity index (χ0) is 20.2. The molecule has 1 spiro atoms. The molecule has 8 heteroatoms. The summed E-state index contributed by atoms with van der Waals surface area (Å²) < 4.78 is 33.1. The molecule has 2 N–H and O–H groups in total.